The van der Waals surface area contributed by atoms with Crippen LogP contribution in [0, 0.1) is 0 Å². The highest BCUT2D eigenvalue weighted by Gasteiger charge is 2.01. The van der Waals surface area contributed by atoms with Gasteiger partial charge in [-0.15, -0.1) is 0 Å². The van der Waals surface area contributed by atoms with Crippen LogP contribution in [0.4, 0.5) is 0 Å². The first-order valence-corrected chi connectivity index (χ1v) is 4.64. The molecular formula is C8H12N2S. The fraction of sp³-hybridized carbons (Fsp3) is 0.500. The quantitative estimate of drug-likeness (QED) is 0.512. The first kappa shape index (κ1) is 8.53. The van der Waals surface area contributed by atoms with Crippen molar-refractivity contribution < 1.29 is 0 Å². The van der Waals surface area contributed by atoms with Gasteiger partial charge in [0.1, 0.15) is 0 Å². The van der Waals surface area contributed by atoms with Crippen LogP contribution in [0.25, 0.3) is 0 Å². The summed E-state index contributed by atoms with van der Waals surface area (Å²) in [5, 5.41) is 1.49. The van der Waals surface area contributed by atoms with Gasteiger partial charge in [-0.05, 0) is 12.5 Å². The number of thioether (sulfide) groups is 1. The Bertz CT molecular complexity index is 201. The minimum Gasteiger partial charge on any atom is -0.231 e. The third-order valence-electron chi connectivity index (χ3n) is 1.42. The second-order valence-electron chi connectivity index (χ2n) is 2.37. The molecule has 0 N–H and O–H groups in total. The standard InChI is InChI=1S/C8H12N2S/c1-3-7(2)11-8-9-5-4-6-10-8/h4-7H,3H2,1-2H3/t7-/m0/s1. The average molecular weight is 168 g/mol. The monoisotopic (exact) mass is 168 g/mol. The topological polar surface area (TPSA) is 25.8 Å². The van der Waals surface area contributed by atoms with Gasteiger partial charge in [0.25, 0.3) is 0 Å². The Balaban J connectivity index is 2.51. The lowest BCUT2D eigenvalue weighted by Crippen LogP contribution is -1.94. The highest BCUT2D eigenvalue weighted by molar-refractivity contribution is 7.99. The minimum absolute atomic E-state index is 0.609. The molecule has 1 aromatic heterocycles. The molecule has 0 aliphatic rings. The van der Waals surface area contributed by atoms with Crippen LogP contribution in [-0.4, -0.2) is 15.2 Å². The second-order valence-corrected chi connectivity index (χ2v) is 3.77. The smallest absolute Gasteiger partial charge is 0.187 e. The van der Waals surface area contributed by atoms with E-state index in [0.29, 0.717) is 5.25 Å². The third kappa shape index (κ3) is 2.89. The predicted molar refractivity (Wildman–Crippen MR) is 47.6 cm³/mol. The van der Waals surface area contributed by atoms with Gasteiger partial charge in [0.05, 0.1) is 0 Å². The van der Waals surface area contributed by atoms with Gasteiger partial charge in [0.2, 0.25) is 0 Å². The molecule has 60 valence electrons. The molecule has 0 amide bonds. The van der Waals surface area contributed by atoms with Crippen molar-refractivity contribution in [2.75, 3.05) is 0 Å². The van der Waals surface area contributed by atoms with Crippen molar-refractivity contribution in [2.24, 2.45) is 0 Å². The van der Waals surface area contributed by atoms with Crippen molar-refractivity contribution in [3.8, 4) is 0 Å². The molecule has 0 spiro atoms. The normalized spacial score (nSPS) is 12.9. The maximum Gasteiger partial charge on any atom is 0.187 e. The van der Waals surface area contributed by atoms with Crippen molar-refractivity contribution >= 4 is 11.8 Å². The summed E-state index contributed by atoms with van der Waals surface area (Å²) in [4.78, 5) is 8.24. The summed E-state index contributed by atoms with van der Waals surface area (Å²) in [6.07, 6.45) is 4.71. The molecule has 0 aliphatic carbocycles. The molecular weight excluding hydrogens is 156 g/mol. The van der Waals surface area contributed by atoms with Gasteiger partial charge >= 0.3 is 0 Å². The number of rotatable bonds is 3. The lowest BCUT2D eigenvalue weighted by atomic mass is 10.4. The predicted octanol–water partition coefficient (Wildman–Crippen LogP) is 2.37. The van der Waals surface area contributed by atoms with Crippen LogP contribution >= 0.6 is 11.8 Å². The van der Waals surface area contributed by atoms with Crippen molar-refractivity contribution in [3.05, 3.63) is 18.5 Å². The molecule has 2 nitrogen and oxygen atoms in total. The zero-order valence-corrected chi connectivity index (χ0v) is 7.64. The number of aromatic nitrogens is 2. The summed E-state index contributed by atoms with van der Waals surface area (Å²) in [6.45, 7) is 4.35. The zero-order valence-electron chi connectivity index (χ0n) is 6.82. The fourth-order valence-corrected chi connectivity index (χ4v) is 1.38. The molecule has 1 rings (SSSR count). The molecule has 1 heterocycles. The van der Waals surface area contributed by atoms with Gasteiger partial charge in [0, 0.05) is 17.6 Å². The molecule has 3 heteroatoms. The van der Waals surface area contributed by atoms with Gasteiger partial charge in [-0.1, -0.05) is 25.6 Å². The fourth-order valence-electron chi connectivity index (χ4n) is 0.610. The van der Waals surface area contributed by atoms with E-state index in [4.69, 9.17) is 0 Å². The van der Waals surface area contributed by atoms with E-state index in [2.05, 4.69) is 23.8 Å². The second kappa shape index (κ2) is 4.34. The SMILES string of the molecule is CC[C@H](C)Sc1ncccn1. The lowest BCUT2D eigenvalue weighted by Gasteiger charge is -2.04. The molecule has 0 saturated carbocycles. The van der Waals surface area contributed by atoms with E-state index < -0.39 is 0 Å². The van der Waals surface area contributed by atoms with E-state index in [0.717, 1.165) is 11.6 Å². The highest BCUT2D eigenvalue weighted by atomic mass is 32.2. The highest BCUT2D eigenvalue weighted by Crippen LogP contribution is 2.19. The first-order chi connectivity index (χ1) is 5.33. The Morgan fingerprint density at radius 3 is 2.64 bits per heavy atom. The van der Waals surface area contributed by atoms with E-state index in [-0.39, 0.29) is 0 Å². The summed E-state index contributed by atoms with van der Waals surface area (Å²) >= 11 is 1.72. The molecule has 0 aliphatic heterocycles. The Morgan fingerprint density at radius 1 is 1.45 bits per heavy atom. The van der Waals surface area contributed by atoms with Crippen LogP contribution < -0.4 is 0 Å². The Morgan fingerprint density at radius 2 is 2.09 bits per heavy atom. The average Bonchev–Trinajstić information content (AvgIpc) is 2.06. The van der Waals surface area contributed by atoms with Crippen LogP contribution in [0.5, 0.6) is 0 Å². The van der Waals surface area contributed by atoms with Crippen LogP contribution in [-0.2, 0) is 0 Å². The van der Waals surface area contributed by atoms with E-state index >= 15 is 0 Å². The number of hydrogen-bond donors (Lipinski definition) is 0. The summed E-state index contributed by atoms with van der Waals surface area (Å²) in [5.74, 6) is 0. The number of nitrogens with zero attached hydrogens (tertiary/aromatic N) is 2. The van der Waals surface area contributed by atoms with Gasteiger partial charge < -0.3 is 0 Å². The Labute approximate surface area is 71.5 Å². The van der Waals surface area contributed by atoms with E-state index in [1.165, 1.54) is 0 Å². The largest absolute Gasteiger partial charge is 0.231 e. The minimum atomic E-state index is 0.609. The van der Waals surface area contributed by atoms with Gasteiger partial charge in [-0.2, -0.15) is 0 Å². The zero-order chi connectivity index (χ0) is 8.10. The van der Waals surface area contributed by atoms with Crippen molar-refractivity contribution in [1.29, 1.82) is 0 Å². The molecule has 0 unspecified atom stereocenters. The molecule has 0 radical (unpaired) electrons. The molecule has 11 heavy (non-hydrogen) atoms. The van der Waals surface area contributed by atoms with Crippen LogP contribution in [0.15, 0.2) is 23.6 Å². The lowest BCUT2D eigenvalue weighted by molar-refractivity contribution is 0.884. The van der Waals surface area contributed by atoms with Crippen molar-refractivity contribution in [2.45, 2.75) is 30.7 Å². The first-order valence-electron chi connectivity index (χ1n) is 3.76. The number of hydrogen-bond acceptors (Lipinski definition) is 3. The molecule has 0 fully saturated rings. The van der Waals surface area contributed by atoms with Crippen molar-refractivity contribution in [1.82, 2.24) is 9.97 Å². The summed E-state index contributed by atoms with van der Waals surface area (Å²) < 4.78 is 0. The Hall–Kier alpha value is -0.570. The molecule has 0 aromatic carbocycles. The molecule has 1 atom stereocenters. The Kier molecular flexibility index (Phi) is 3.36. The summed E-state index contributed by atoms with van der Waals surface area (Å²) in [6, 6.07) is 1.83. The van der Waals surface area contributed by atoms with Gasteiger partial charge in [-0.25, -0.2) is 9.97 Å². The van der Waals surface area contributed by atoms with Crippen LogP contribution in [0.3, 0.4) is 0 Å². The summed E-state index contributed by atoms with van der Waals surface area (Å²) in [5.41, 5.74) is 0. The molecule has 0 saturated heterocycles. The maximum absolute atomic E-state index is 4.12. The molecule has 1 aromatic rings. The summed E-state index contributed by atoms with van der Waals surface area (Å²) in [7, 11) is 0. The van der Waals surface area contributed by atoms with Crippen molar-refractivity contribution in [3.63, 3.8) is 0 Å². The van der Waals surface area contributed by atoms with E-state index in [1.807, 2.05) is 6.07 Å². The van der Waals surface area contributed by atoms with E-state index in [9.17, 15) is 0 Å². The molecule has 0 bridgehead atoms. The van der Waals surface area contributed by atoms with Gasteiger partial charge in [0.15, 0.2) is 5.16 Å². The third-order valence-corrected chi connectivity index (χ3v) is 2.58. The van der Waals surface area contributed by atoms with Gasteiger partial charge in [-0.3, -0.25) is 0 Å². The van der Waals surface area contributed by atoms with Crippen LogP contribution in [0.1, 0.15) is 20.3 Å². The maximum atomic E-state index is 4.12. The van der Waals surface area contributed by atoms with Crippen LogP contribution in [0.2, 0.25) is 0 Å². The van der Waals surface area contributed by atoms with E-state index in [1.54, 1.807) is 24.2 Å².